The third kappa shape index (κ3) is 13.3. The van der Waals surface area contributed by atoms with E-state index < -0.39 is 85.6 Å². The average molecular weight is 651 g/mol. The van der Waals surface area contributed by atoms with Gasteiger partial charge in [0.15, 0.2) is 12.6 Å². The van der Waals surface area contributed by atoms with Crippen LogP contribution in [-0.2, 0) is 33.3 Å². The van der Waals surface area contributed by atoms with E-state index in [9.17, 15) is 40.2 Å². The second-order valence-electron chi connectivity index (χ2n) is 12.6. The van der Waals surface area contributed by atoms with E-state index in [0.29, 0.717) is 12.8 Å². The van der Waals surface area contributed by atoms with Crippen molar-refractivity contribution in [2.24, 2.45) is 0 Å². The summed E-state index contributed by atoms with van der Waals surface area (Å²) < 4.78 is 29.1. The first-order valence-corrected chi connectivity index (χ1v) is 16.8. The van der Waals surface area contributed by atoms with Gasteiger partial charge in [-0.2, -0.15) is 0 Å². The van der Waals surface area contributed by atoms with Crippen LogP contribution < -0.4 is 0 Å². The first-order valence-electron chi connectivity index (χ1n) is 16.8. The quantitative estimate of drug-likeness (QED) is 0.0782. The molecule has 0 aromatic rings. The first kappa shape index (κ1) is 39.8. The van der Waals surface area contributed by atoms with Crippen molar-refractivity contribution in [3.05, 3.63) is 0 Å². The number of esters is 1. The molecule has 13 heteroatoms. The van der Waals surface area contributed by atoms with Gasteiger partial charge >= 0.3 is 11.9 Å². The minimum Gasteiger partial charge on any atom is -0.481 e. The number of ether oxygens (including phenoxy) is 5. The van der Waals surface area contributed by atoms with Crippen LogP contribution in [0.3, 0.4) is 0 Å². The zero-order valence-corrected chi connectivity index (χ0v) is 27.4. The summed E-state index contributed by atoms with van der Waals surface area (Å²) in [5.74, 6) is -1.67. The Balaban J connectivity index is 2.16. The van der Waals surface area contributed by atoms with Crippen molar-refractivity contribution in [3.8, 4) is 0 Å². The summed E-state index contributed by atoms with van der Waals surface area (Å²) in [7, 11) is 0. The fraction of sp³-hybridized carbons (Fsp3) is 0.938. The van der Waals surface area contributed by atoms with E-state index in [2.05, 4.69) is 13.8 Å². The molecule has 6 N–H and O–H groups in total. The SMILES string of the molecule is CCCCCCC[C@H](CC(=O)O)OC(=O)C[C@@H](CCCCCCC)OC1OC(C)C(O)C(O)C1OC1OC(C)C(O)C(O)C1O. The van der Waals surface area contributed by atoms with Gasteiger partial charge in [0.2, 0.25) is 0 Å². The molecule has 0 bridgehead atoms. The van der Waals surface area contributed by atoms with E-state index >= 15 is 0 Å². The maximum Gasteiger partial charge on any atom is 0.308 e. The Morgan fingerprint density at radius 1 is 0.644 bits per heavy atom. The molecule has 13 nitrogen and oxygen atoms in total. The molecule has 2 heterocycles. The van der Waals surface area contributed by atoms with E-state index in [-0.39, 0.29) is 12.8 Å². The Morgan fingerprint density at radius 3 is 1.71 bits per heavy atom. The highest BCUT2D eigenvalue weighted by atomic mass is 16.8. The lowest BCUT2D eigenvalue weighted by Gasteiger charge is -2.46. The molecule has 2 rings (SSSR count). The highest BCUT2D eigenvalue weighted by molar-refractivity contribution is 5.72. The number of carbonyl (C=O) groups excluding carboxylic acids is 1. The summed E-state index contributed by atoms with van der Waals surface area (Å²) in [6.07, 6.45) is -5.07. The number of carbonyl (C=O) groups is 2. The van der Waals surface area contributed by atoms with Crippen molar-refractivity contribution in [3.63, 3.8) is 0 Å². The molecule has 0 radical (unpaired) electrons. The van der Waals surface area contributed by atoms with Gasteiger partial charge in [0.05, 0.1) is 31.2 Å². The molecule has 2 fully saturated rings. The number of aliphatic carboxylic acids is 1. The highest BCUT2D eigenvalue weighted by Crippen LogP contribution is 2.31. The van der Waals surface area contributed by atoms with E-state index in [4.69, 9.17) is 23.7 Å². The molecule has 2 aliphatic heterocycles. The van der Waals surface area contributed by atoms with E-state index in [0.717, 1.165) is 64.2 Å². The van der Waals surface area contributed by atoms with Crippen LogP contribution in [0.15, 0.2) is 0 Å². The summed E-state index contributed by atoms with van der Waals surface area (Å²) in [6, 6.07) is 0. The standard InChI is InChI=1S/C32H58O13/c1-5-7-9-11-13-15-21(17-23(33)34)43-24(35)18-22(16-14-12-10-8-6-2)44-32-30(28(39)26(37)20(4)42-32)45-31-29(40)27(38)25(36)19(3)41-31/h19-22,25-32,36-40H,5-18H2,1-4H3,(H,33,34)/t19?,20?,21-,22-,25?,26?,27?,28?,29?,30?,31?,32?/m1/s1. The summed E-state index contributed by atoms with van der Waals surface area (Å²) in [4.78, 5) is 24.6. The molecule has 12 atom stereocenters. The van der Waals surface area contributed by atoms with Crippen LogP contribution in [-0.4, -0.2) is 116 Å². The largest absolute Gasteiger partial charge is 0.481 e. The van der Waals surface area contributed by atoms with Gasteiger partial charge in [-0.1, -0.05) is 71.6 Å². The molecule has 0 aliphatic carbocycles. The molecular weight excluding hydrogens is 592 g/mol. The van der Waals surface area contributed by atoms with Crippen LogP contribution in [0.4, 0.5) is 0 Å². The Labute approximate surface area is 267 Å². The van der Waals surface area contributed by atoms with Crippen LogP contribution in [0.25, 0.3) is 0 Å². The van der Waals surface area contributed by atoms with Gasteiger partial charge in [0, 0.05) is 0 Å². The monoisotopic (exact) mass is 650 g/mol. The number of unbranched alkanes of at least 4 members (excludes halogenated alkanes) is 8. The minimum atomic E-state index is -1.67. The Kier molecular flexibility index (Phi) is 18.3. The topological polar surface area (TPSA) is 202 Å². The number of rotatable bonds is 21. The van der Waals surface area contributed by atoms with Crippen LogP contribution in [0, 0.1) is 0 Å². The number of hydrogen-bond acceptors (Lipinski definition) is 12. The number of hydrogen-bond donors (Lipinski definition) is 6. The van der Waals surface area contributed by atoms with E-state index in [1.165, 1.54) is 6.92 Å². The summed E-state index contributed by atoms with van der Waals surface area (Å²) in [6.45, 7) is 7.24. The predicted octanol–water partition coefficient (Wildman–Crippen LogP) is 2.55. The third-order valence-electron chi connectivity index (χ3n) is 8.56. The Hall–Kier alpha value is -1.42. The Morgan fingerprint density at radius 2 is 1.16 bits per heavy atom. The second-order valence-corrected chi connectivity index (χ2v) is 12.6. The smallest absolute Gasteiger partial charge is 0.308 e. The molecule has 2 saturated heterocycles. The van der Waals surface area contributed by atoms with Crippen molar-refractivity contribution in [1.82, 2.24) is 0 Å². The zero-order chi connectivity index (χ0) is 33.5. The van der Waals surface area contributed by atoms with Gasteiger partial charge < -0.3 is 54.3 Å². The number of carboxylic acids is 1. The van der Waals surface area contributed by atoms with Gasteiger partial charge in [0.1, 0.15) is 42.7 Å². The van der Waals surface area contributed by atoms with Crippen molar-refractivity contribution in [2.45, 2.75) is 191 Å². The van der Waals surface area contributed by atoms with Crippen molar-refractivity contribution in [2.75, 3.05) is 0 Å². The van der Waals surface area contributed by atoms with Gasteiger partial charge in [-0.15, -0.1) is 0 Å². The second kappa shape index (κ2) is 20.7. The number of carboxylic acid groups (broad SMARTS) is 1. The summed E-state index contributed by atoms with van der Waals surface area (Å²) in [5.41, 5.74) is 0. The summed E-state index contributed by atoms with van der Waals surface area (Å²) >= 11 is 0. The molecule has 0 amide bonds. The van der Waals surface area contributed by atoms with Crippen LogP contribution in [0.5, 0.6) is 0 Å². The first-order chi connectivity index (χ1) is 21.4. The maximum atomic E-state index is 13.1. The van der Waals surface area contributed by atoms with Gasteiger partial charge in [0.25, 0.3) is 0 Å². The van der Waals surface area contributed by atoms with Gasteiger partial charge in [-0.25, -0.2) is 0 Å². The van der Waals surface area contributed by atoms with Crippen molar-refractivity contribution in [1.29, 1.82) is 0 Å². The number of aliphatic hydroxyl groups is 5. The molecular formula is C32H58O13. The van der Waals surface area contributed by atoms with Crippen molar-refractivity contribution < 1.29 is 63.9 Å². The van der Waals surface area contributed by atoms with E-state index in [1.807, 2.05) is 0 Å². The lowest BCUT2D eigenvalue weighted by molar-refractivity contribution is -0.366. The molecule has 264 valence electrons. The minimum absolute atomic E-state index is 0.205. The molecule has 45 heavy (non-hydrogen) atoms. The molecule has 0 saturated carbocycles. The fourth-order valence-corrected chi connectivity index (χ4v) is 5.71. The molecule has 0 aromatic carbocycles. The summed E-state index contributed by atoms with van der Waals surface area (Å²) in [5, 5.41) is 61.7. The van der Waals surface area contributed by atoms with Gasteiger partial charge in [-0.3, -0.25) is 9.59 Å². The average Bonchev–Trinajstić information content (AvgIpc) is 2.98. The molecule has 0 spiro atoms. The number of aliphatic hydroxyl groups excluding tert-OH is 5. The molecule has 2 aliphatic rings. The third-order valence-corrected chi connectivity index (χ3v) is 8.56. The highest BCUT2D eigenvalue weighted by Gasteiger charge is 2.50. The van der Waals surface area contributed by atoms with Crippen LogP contribution in [0.2, 0.25) is 0 Å². The molecule has 0 aromatic heterocycles. The predicted molar refractivity (Wildman–Crippen MR) is 162 cm³/mol. The zero-order valence-electron chi connectivity index (χ0n) is 27.4. The molecule has 10 unspecified atom stereocenters. The van der Waals surface area contributed by atoms with E-state index in [1.54, 1.807) is 6.92 Å². The fourth-order valence-electron chi connectivity index (χ4n) is 5.71. The van der Waals surface area contributed by atoms with Crippen LogP contribution in [0.1, 0.15) is 118 Å². The maximum absolute atomic E-state index is 13.1. The van der Waals surface area contributed by atoms with Gasteiger partial charge in [-0.05, 0) is 33.1 Å². The van der Waals surface area contributed by atoms with Crippen molar-refractivity contribution >= 4 is 11.9 Å². The van der Waals surface area contributed by atoms with Crippen LogP contribution >= 0.6 is 0 Å². The lowest BCUT2D eigenvalue weighted by atomic mass is 9.97. The normalized spacial score (nSPS) is 33.4. The lowest BCUT2D eigenvalue weighted by Crippen LogP contribution is -2.63. The Bertz CT molecular complexity index is 844.